The molecular formula is C16H32F2O. The van der Waals surface area contributed by atoms with Crippen LogP contribution in [0.15, 0.2) is 0 Å². The Morgan fingerprint density at radius 3 is 1.16 bits per heavy atom. The summed E-state index contributed by atoms with van der Waals surface area (Å²) in [5.41, 5.74) is 0. The Morgan fingerprint density at radius 1 is 0.526 bits per heavy atom. The average Bonchev–Trinajstić information content (AvgIpc) is 2.39. The van der Waals surface area contributed by atoms with Gasteiger partial charge in [-0.05, 0) is 12.8 Å². The topological polar surface area (TPSA) is 20.2 Å². The van der Waals surface area contributed by atoms with Crippen molar-refractivity contribution in [3.63, 3.8) is 0 Å². The zero-order valence-electron chi connectivity index (χ0n) is 12.4. The largest absolute Gasteiger partial charge is 0.396 e. The summed E-state index contributed by atoms with van der Waals surface area (Å²) >= 11 is 0. The third-order valence-corrected chi connectivity index (χ3v) is 3.58. The summed E-state index contributed by atoms with van der Waals surface area (Å²) in [6.45, 7) is 0.331. The van der Waals surface area contributed by atoms with Crippen LogP contribution >= 0.6 is 0 Å². The zero-order chi connectivity index (χ0) is 14.2. The van der Waals surface area contributed by atoms with E-state index in [0.29, 0.717) is 13.0 Å². The lowest BCUT2D eigenvalue weighted by atomic mass is 10.0. The van der Waals surface area contributed by atoms with E-state index in [1.165, 1.54) is 51.4 Å². The molecule has 0 aliphatic rings. The Bertz CT molecular complexity index is 163. The van der Waals surface area contributed by atoms with Gasteiger partial charge in [-0.1, -0.05) is 70.6 Å². The van der Waals surface area contributed by atoms with Crippen molar-refractivity contribution in [3.8, 4) is 0 Å². The highest BCUT2D eigenvalue weighted by Crippen LogP contribution is 2.14. The molecule has 3 heteroatoms. The maximum absolute atomic E-state index is 11.9. The van der Waals surface area contributed by atoms with Gasteiger partial charge in [0.2, 0.25) is 6.43 Å². The predicted molar refractivity (Wildman–Crippen MR) is 77.7 cm³/mol. The number of halogens is 2. The van der Waals surface area contributed by atoms with Gasteiger partial charge >= 0.3 is 0 Å². The van der Waals surface area contributed by atoms with Gasteiger partial charge in [0.05, 0.1) is 0 Å². The Labute approximate surface area is 117 Å². The lowest BCUT2D eigenvalue weighted by molar-refractivity contribution is 0.133. The van der Waals surface area contributed by atoms with Crippen LogP contribution in [-0.4, -0.2) is 18.1 Å². The minimum atomic E-state index is -2.11. The monoisotopic (exact) mass is 278 g/mol. The van der Waals surface area contributed by atoms with Crippen LogP contribution in [0.5, 0.6) is 0 Å². The fraction of sp³-hybridized carbons (Fsp3) is 1.00. The summed E-state index contributed by atoms with van der Waals surface area (Å²) in [6.07, 6.45) is 13.1. The second-order valence-electron chi connectivity index (χ2n) is 5.50. The highest BCUT2D eigenvalue weighted by molar-refractivity contribution is 4.50. The first-order valence-corrected chi connectivity index (χ1v) is 8.16. The Kier molecular flexibility index (Phi) is 15.7. The van der Waals surface area contributed by atoms with Gasteiger partial charge in [-0.25, -0.2) is 8.78 Å². The highest BCUT2D eigenvalue weighted by atomic mass is 19.3. The van der Waals surface area contributed by atoms with E-state index in [9.17, 15) is 8.78 Å². The number of aliphatic hydroxyl groups excluding tert-OH is 1. The van der Waals surface area contributed by atoms with Gasteiger partial charge in [0.25, 0.3) is 0 Å². The molecule has 0 amide bonds. The van der Waals surface area contributed by atoms with Gasteiger partial charge in [0.15, 0.2) is 0 Å². The van der Waals surface area contributed by atoms with Gasteiger partial charge in [0.1, 0.15) is 0 Å². The summed E-state index contributed by atoms with van der Waals surface area (Å²) in [4.78, 5) is 0. The molecule has 0 rings (SSSR count). The van der Waals surface area contributed by atoms with Gasteiger partial charge in [-0.2, -0.15) is 0 Å². The second kappa shape index (κ2) is 15.9. The molecule has 0 fully saturated rings. The molecule has 0 radical (unpaired) electrons. The predicted octanol–water partition coefficient (Wildman–Crippen LogP) is 5.71. The third kappa shape index (κ3) is 17.8. The minimum absolute atomic E-state index is 0.0796. The van der Waals surface area contributed by atoms with Crippen molar-refractivity contribution in [3.05, 3.63) is 0 Å². The van der Waals surface area contributed by atoms with Crippen molar-refractivity contribution in [1.29, 1.82) is 0 Å². The third-order valence-electron chi connectivity index (χ3n) is 3.58. The van der Waals surface area contributed by atoms with Crippen LogP contribution in [0.4, 0.5) is 8.78 Å². The quantitative estimate of drug-likeness (QED) is 0.381. The molecule has 0 saturated carbocycles. The molecular weight excluding hydrogens is 246 g/mol. The summed E-state index contributed by atoms with van der Waals surface area (Å²) < 4.78 is 23.7. The minimum Gasteiger partial charge on any atom is -0.396 e. The van der Waals surface area contributed by atoms with E-state index < -0.39 is 6.43 Å². The van der Waals surface area contributed by atoms with Crippen molar-refractivity contribution in [2.75, 3.05) is 6.61 Å². The van der Waals surface area contributed by atoms with Crippen LogP contribution in [0.2, 0.25) is 0 Å². The van der Waals surface area contributed by atoms with Gasteiger partial charge in [-0.15, -0.1) is 0 Å². The van der Waals surface area contributed by atoms with Gasteiger partial charge in [-0.3, -0.25) is 0 Å². The molecule has 0 aliphatic heterocycles. The Morgan fingerprint density at radius 2 is 0.842 bits per heavy atom. The molecule has 19 heavy (non-hydrogen) atoms. The van der Waals surface area contributed by atoms with Gasteiger partial charge in [0, 0.05) is 13.0 Å². The van der Waals surface area contributed by atoms with E-state index in [2.05, 4.69) is 0 Å². The molecule has 0 spiro atoms. The molecule has 116 valence electrons. The molecule has 0 aromatic rings. The average molecular weight is 278 g/mol. The molecule has 0 bridgehead atoms. The smallest absolute Gasteiger partial charge is 0.238 e. The van der Waals surface area contributed by atoms with Crippen molar-refractivity contribution in [2.45, 2.75) is 96.3 Å². The normalized spacial score (nSPS) is 11.4. The SMILES string of the molecule is OCCCCCCCCCCCCCCCC(F)F. The number of unbranched alkanes of at least 4 members (excludes halogenated alkanes) is 12. The van der Waals surface area contributed by atoms with Crippen LogP contribution in [-0.2, 0) is 0 Å². The fourth-order valence-electron chi connectivity index (χ4n) is 2.35. The molecule has 0 saturated heterocycles. The number of aliphatic hydroxyl groups is 1. The standard InChI is InChI=1S/C16H32F2O/c17-16(18)14-12-10-8-6-4-2-1-3-5-7-9-11-13-15-19/h16,19H,1-15H2. The molecule has 0 heterocycles. The first-order chi connectivity index (χ1) is 9.27. The van der Waals surface area contributed by atoms with E-state index in [4.69, 9.17) is 5.11 Å². The maximum atomic E-state index is 11.9. The van der Waals surface area contributed by atoms with E-state index in [1.807, 2.05) is 0 Å². The molecule has 1 N–H and O–H groups in total. The fourth-order valence-corrected chi connectivity index (χ4v) is 2.35. The number of hydrogen-bond acceptors (Lipinski definition) is 1. The van der Waals surface area contributed by atoms with Crippen LogP contribution in [0.25, 0.3) is 0 Å². The van der Waals surface area contributed by atoms with Gasteiger partial charge < -0.3 is 5.11 Å². The molecule has 0 aliphatic carbocycles. The van der Waals surface area contributed by atoms with Crippen molar-refractivity contribution in [2.24, 2.45) is 0 Å². The lowest BCUT2D eigenvalue weighted by Gasteiger charge is -2.03. The number of alkyl halides is 2. The second-order valence-corrected chi connectivity index (χ2v) is 5.50. The van der Waals surface area contributed by atoms with Crippen LogP contribution in [0.3, 0.4) is 0 Å². The molecule has 0 aromatic heterocycles. The maximum Gasteiger partial charge on any atom is 0.238 e. The van der Waals surface area contributed by atoms with E-state index >= 15 is 0 Å². The van der Waals surface area contributed by atoms with Crippen LogP contribution in [0, 0.1) is 0 Å². The van der Waals surface area contributed by atoms with E-state index in [0.717, 1.165) is 25.7 Å². The summed E-state index contributed by atoms with van der Waals surface area (Å²) in [7, 11) is 0. The van der Waals surface area contributed by atoms with Crippen LogP contribution < -0.4 is 0 Å². The molecule has 0 aromatic carbocycles. The first-order valence-electron chi connectivity index (χ1n) is 8.16. The van der Waals surface area contributed by atoms with E-state index in [-0.39, 0.29) is 6.42 Å². The summed E-state index contributed by atoms with van der Waals surface area (Å²) in [5.74, 6) is 0. The summed E-state index contributed by atoms with van der Waals surface area (Å²) in [5, 5.41) is 8.63. The van der Waals surface area contributed by atoms with E-state index in [1.54, 1.807) is 0 Å². The lowest BCUT2D eigenvalue weighted by Crippen LogP contribution is -1.89. The molecule has 1 nitrogen and oxygen atoms in total. The van der Waals surface area contributed by atoms with Crippen molar-refractivity contribution >= 4 is 0 Å². The number of rotatable bonds is 15. The Balaban J connectivity index is 2.91. The zero-order valence-corrected chi connectivity index (χ0v) is 12.4. The first kappa shape index (κ1) is 18.8. The van der Waals surface area contributed by atoms with Crippen LogP contribution in [0.1, 0.15) is 89.9 Å². The molecule has 0 atom stereocenters. The van der Waals surface area contributed by atoms with Crippen molar-refractivity contribution in [1.82, 2.24) is 0 Å². The Hall–Kier alpha value is -0.180. The number of hydrogen-bond donors (Lipinski definition) is 1. The highest BCUT2D eigenvalue weighted by Gasteiger charge is 2.00. The van der Waals surface area contributed by atoms with Crippen molar-refractivity contribution < 1.29 is 13.9 Å². The summed E-state index contributed by atoms with van der Waals surface area (Å²) in [6, 6.07) is 0. The molecule has 0 unspecified atom stereocenters.